The molecule has 0 fully saturated rings. The Hall–Kier alpha value is -0.0800. The first-order valence-corrected chi connectivity index (χ1v) is 3.25. The van der Waals surface area contributed by atoms with Crippen LogP contribution in [0.3, 0.4) is 0 Å². The Bertz CT molecular complexity index is 69.3. The van der Waals surface area contributed by atoms with Crippen molar-refractivity contribution < 1.29 is 9.47 Å². The Kier molecular flexibility index (Phi) is 3.82. The first-order chi connectivity index (χ1) is 4.12. The summed E-state index contributed by atoms with van der Waals surface area (Å²) in [5.41, 5.74) is -0.129. The summed E-state index contributed by atoms with van der Waals surface area (Å²) in [6.07, 6.45) is 0. The minimum Gasteiger partial charge on any atom is -0.379 e. The molecule has 0 heterocycles. The van der Waals surface area contributed by atoms with Gasteiger partial charge in [-0.3, -0.25) is 0 Å². The van der Waals surface area contributed by atoms with E-state index >= 15 is 0 Å². The number of rotatable bonds is 4. The molecule has 0 N–H and O–H groups in total. The summed E-state index contributed by atoms with van der Waals surface area (Å²) in [5.74, 6) is 0. The van der Waals surface area contributed by atoms with Gasteiger partial charge in [-0.05, 0) is 20.8 Å². The molecule has 0 atom stereocenters. The lowest BCUT2D eigenvalue weighted by molar-refractivity contribution is -0.0479. The van der Waals surface area contributed by atoms with Gasteiger partial charge in [0.25, 0.3) is 0 Å². The van der Waals surface area contributed by atoms with Crippen LogP contribution < -0.4 is 0 Å². The molecule has 9 heavy (non-hydrogen) atoms. The highest BCUT2D eigenvalue weighted by molar-refractivity contribution is 4.65. The van der Waals surface area contributed by atoms with Crippen LogP contribution in [-0.4, -0.2) is 25.9 Å². The maximum Gasteiger partial charge on any atom is 0.0855 e. The molecule has 0 aromatic carbocycles. The van der Waals surface area contributed by atoms with E-state index in [1.165, 1.54) is 0 Å². The van der Waals surface area contributed by atoms with E-state index in [-0.39, 0.29) is 5.60 Å². The third-order valence-corrected chi connectivity index (χ3v) is 1.21. The average molecular weight is 132 g/mol. The highest BCUT2D eigenvalue weighted by Gasteiger charge is 2.15. The third kappa shape index (κ3) is 4.43. The summed E-state index contributed by atoms with van der Waals surface area (Å²) < 4.78 is 10.3. The van der Waals surface area contributed by atoms with Crippen molar-refractivity contribution in [2.45, 2.75) is 26.4 Å². The van der Waals surface area contributed by atoms with Crippen LogP contribution in [0.2, 0.25) is 0 Å². The van der Waals surface area contributed by atoms with Crippen molar-refractivity contribution in [2.24, 2.45) is 0 Å². The van der Waals surface area contributed by atoms with E-state index in [1.807, 2.05) is 20.8 Å². The molecule has 0 unspecified atom stereocenters. The Morgan fingerprint density at radius 2 is 1.89 bits per heavy atom. The predicted molar refractivity (Wildman–Crippen MR) is 37.6 cm³/mol. The predicted octanol–water partition coefficient (Wildman–Crippen LogP) is 1.45. The molecule has 56 valence electrons. The minimum absolute atomic E-state index is 0.129. The van der Waals surface area contributed by atoms with Gasteiger partial charge in [0, 0.05) is 13.7 Å². The fraction of sp³-hybridized carbons (Fsp3) is 1.00. The summed E-state index contributed by atoms with van der Waals surface area (Å²) in [5, 5.41) is 0. The van der Waals surface area contributed by atoms with E-state index in [0.29, 0.717) is 6.61 Å². The number of hydrogen-bond donors (Lipinski definition) is 0. The first-order valence-electron chi connectivity index (χ1n) is 3.25. The van der Waals surface area contributed by atoms with Crippen molar-refractivity contribution in [3.63, 3.8) is 0 Å². The lowest BCUT2D eigenvalue weighted by atomic mass is 10.1. The largest absolute Gasteiger partial charge is 0.379 e. The molecule has 0 rings (SSSR count). The van der Waals surface area contributed by atoms with Gasteiger partial charge in [-0.2, -0.15) is 0 Å². The molecule has 2 heteroatoms. The highest BCUT2D eigenvalue weighted by Crippen LogP contribution is 2.06. The SMILES string of the molecule is CCOCC(C)(C)OC. The van der Waals surface area contributed by atoms with Crippen molar-refractivity contribution in [3.05, 3.63) is 0 Å². The van der Waals surface area contributed by atoms with Crippen LogP contribution in [0, 0.1) is 0 Å². The Labute approximate surface area is 57.2 Å². The van der Waals surface area contributed by atoms with Gasteiger partial charge in [-0.25, -0.2) is 0 Å². The molecule has 0 spiro atoms. The lowest BCUT2D eigenvalue weighted by Gasteiger charge is -2.21. The third-order valence-electron chi connectivity index (χ3n) is 1.21. The van der Waals surface area contributed by atoms with Crippen LogP contribution >= 0.6 is 0 Å². The van der Waals surface area contributed by atoms with E-state index < -0.39 is 0 Å². The number of methoxy groups -OCH3 is 1. The van der Waals surface area contributed by atoms with E-state index in [1.54, 1.807) is 7.11 Å². The molecule has 0 aliphatic rings. The molecule has 0 amide bonds. The lowest BCUT2D eigenvalue weighted by Crippen LogP contribution is -2.28. The van der Waals surface area contributed by atoms with Crippen molar-refractivity contribution >= 4 is 0 Å². The molecule has 0 radical (unpaired) electrons. The van der Waals surface area contributed by atoms with Crippen LogP contribution in [0.5, 0.6) is 0 Å². The van der Waals surface area contributed by atoms with Crippen LogP contribution in [0.15, 0.2) is 0 Å². The van der Waals surface area contributed by atoms with Crippen molar-refractivity contribution in [1.29, 1.82) is 0 Å². The van der Waals surface area contributed by atoms with Gasteiger partial charge in [-0.1, -0.05) is 0 Å². The first kappa shape index (κ1) is 8.92. The Balaban J connectivity index is 3.33. The Morgan fingerprint density at radius 1 is 1.33 bits per heavy atom. The number of hydrogen-bond acceptors (Lipinski definition) is 2. The molecule has 2 nitrogen and oxygen atoms in total. The van der Waals surface area contributed by atoms with Gasteiger partial charge in [0.1, 0.15) is 0 Å². The maximum absolute atomic E-state index is 5.16. The van der Waals surface area contributed by atoms with Crippen LogP contribution in [0.4, 0.5) is 0 Å². The summed E-state index contributed by atoms with van der Waals surface area (Å²) >= 11 is 0. The Morgan fingerprint density at radius 3 is 2.22 bits per heavy atom. The molecular formula is C7H16O2. The standard InChI is InChI=1S/C7H16O2/c1-5-9-6-7(2,3)8-4/h5-6H2,1-4H3. The van der Waals surface area contributed by atoms with E-state index in [9.17, 15) is 0 Å². The molecule has 0 saturated carbocycles. The smallest absolute Gasteiger partial charge is 0.0855 e. The quantitative estimate of drug-likeness (QED) is 0.576. The highest BCUT2D eigenvalue weighted by atomic mass is 16.5. The van der Waals surface area contributed by atoms with Gasteiger partial charge in [0.15, 0.2) is 0 Å². The van der Waals surface area contributed by atoms with E-state index in [4.69, 9.17) is 9.47 Å². The molecule has 0 aromatic rings. The topological polar surface area (TPSA) is 18.5 Å². The van der Waals surface area contributed by atoms with Gasteiger partial charge in [-0.15, -0.1) is 0 Å². The van der Waals surface area contributed by atoms with Gasteiger partial charge < -0.3 is 9.47 Å². The second-order valence-electron chi connectivity index (χ2n) is 2.60. The fourth-order valence-electron chi connectivity index (χ4n) is 0.407. The van der Waals surface area contributed by atoms with Crippen LogP contribution in [0.25, 0.3) is 0 Å². The number of ether oxygens (including phenoxy) is 2. The normalized spacial score (nSPS) is 12.0. The van der Waals surface area contributed by atoms with Gasteiger partial charge in [0.05, 0.1) is 12.2 Å². The van der Waals surface area contributed by atoms with E-state index in [2.05, 4.69) is 0 Å². The minimum atomic E-state index is -0.129. The molecular weight excluding hydrogens is 116 g/mol. The van der Waals surface area contributed by atoms with Crippen LogP contribution in [0.1, 0.15) is 20.8 Å². The summed E-state index contributed by atoms with van der Waals surface area (Å²) in [7, 11) is 1.69. The zero-order chi connectivity index (χ0) is 7.33. The molecule has 0 bridgehead atoms. The van der Waals surface area contributed by atoms with Gasteiger partial charge in [0.2, 0.25) is 0 Å². The van der Waals surface area contributed by atoms with Crippen LogP contribution in [-0.2, 0) is 9.47 Å². The molecule has 0 aliphatic heterocycles. The molecule has 0 saturated heterocycles. The van der Waals surface area contributed by atoms with Crippen molar-refractivity contribution in [3.8, 4) is 0 Å². The molecule has 0 aromatic heterocycles. The van der Waals surface area contributed by atoms with E-state index in [0.717, 1.165) is 6.61 Å². The van der Waals surface area contributed by atoms with Crippen molar-refractivity contribution in [2.75, 3.05) is 20.3 Å². The second kappa shape index (κ2) is 3.85. The maximum atomic E-state index is 5.16. The average Bonchev–Trinajstić information content (AvgIpc) is 1.84. The second-order valence-corrected chi connectivity index (χ2v) is 2.60. The summed E-state index contributed by atoms with van der Waals surface area (Å²) in [6, 6.07) is 0. The zero-order valence-electron chi connectivity index (χ0n) is 6.73. The zero-order valence-corrected chi connectivity index (χ0v) is 6.73. The molecule has 0 aliphatic carbocycles. The van der Waals surface area contributed by atoms with Gasteiger partial charge >= 0.3 is 0 Å². The fourth-order valence-corrected chi connectivity index (χ4v) is 0.407. The monoisotopic (exact) mass is 132 g/mol. The van der Waals surface area contributed by atoms with Crippen molar-refractivity contribution in [1.82, 2.24) is 0 Å². The summed E-state index contributed by atoms with van der Waals surface area (Å²) in [4.78, 5) is 0. The summed E-state index contributed by atoms with van der Waals surface area (Å²) in [6.45, 7) is 7.41.